The van der Waals surface area contributed by atoms with Gasteiger partial charge < -0.3 is 14.5 Å². The molecule has 2 saturated heterocycles. The Bertz CT molecular complexity index is 703. The third-order valence-electron chi connectivity index (χ3n) is 6.31. The fraction of sp³-hybridized carbons (Fsp3) is 0.636. The molecular weight excluding hydrogens is 340 g/mol. The van der Waals surface area contributed by atoms with Crippen LogP contribution in [0.3, 0.4) is 0 Å². The smallest absolute Gasteiger partial charge is 0.254 e. The molecule has 0 bridgehead atoms. The number of nitrogens with zero attached hydrogens (tertiary/aromatic N) is 2. The number of rotatable bonds is 5. The molecule has 0 N–H and O–H groups in total. The molecule has 0 aromatic heterocycles. The second-order valence-electron chi connectivity index (χ2n) is 8.24. The first-order valence-electron chi connectivity index (χ1n) is 10.1. The lowest BCUT2D eigenvalue weighted by atomic mass is 9.73. The number of benzene rings is 1. The largest absolute Gasteiger partial charge is 0.385 e. The second-order valence-corrected chi connectivity index (χ2v) is 8.24. The second kappa shape index (κ2) is 8.42. The van der Waals surface area contributed by atoms with E-state index in [0.29, 0.717) is 13.0 Å². The fourth-order valence-electron chi connectivity index (χ4n) is 4.57. The summed E-state index contributed by atoms with van der Waals surface area (Å²) >= 11 is 0. The summed E-state index contributed by atoms with van der Waals surface area (Å²) in [5.74, 6) is 0.382. The average Bonchev–Trinajstić information content (AvgIpc) is 2.67. The van der Waals surface area contributed by atoms with Gasteiger partial charge in [0.15, 0.2) is 0 Å². The van der Waals surface area contributed by atoms with Gasteiger partial charge in [-0.3, -0.25) is 9.59 Å². The van der Waals surface area contributed by atoms with Crippen molar-refractivity contribution in [2.75, 3.05) is 39.9 Å². The summed E-state index contributed by atoms with van der Waals surface area (Å²) in [6.07, 6.45) is 4.46. The van der Waals surface area contributed by atoms with Crippen LogP contribution in [-0.2, 0) is 9.53 Å². The lowest BCUT2D eigenvalue weighted by molar-refractivity contribution is -0.139. The quantitative estimate of drug-likeness (QED) is 0.746. The Morgan fingerprint density at radius 2 is 2.04 bits per heavy atom. The summed E-state index contributed by atoms with van der Waals surface area (Å²) in [7, 11) is 1.69. The van der Waals surface area contributed by atoms with Crippen LogP contribution in [0.2, 0.25) is 0 Å². The Kier molecular flexibility index (Phi) is 6.20. The molecule has 2 aliphatic rings. The predicted molar refractivity (Wildman–Crippen MR) is 106 cm³/mol. The Labute approximate surface area is 162 Å². The minimum Gasteiger partial charge on any atom is -0.385 e. The van der Waals surface area contributed by atoms with Gasteiger partial charge in [-0.1, -0.05) is 12.1 Å². The standard InChI is InChI=1S/C22H32N2O3/c1-17-7-4-8-19(18(17)2)21(26)24-12-5-10-22(16-24)11-9-20(25)23(15-22)13-6-14-27-3/h4,7-8H,5-6,9-16H2,1-3H3/t22-/m1/s1. The lowest BCUT2D eigenvalue weighted by Crippen LogP contribution is -2.55. The third kappa shape index (κ3) is 4.34. The molecule has 0 aliphatic carbocycles. The Balaban J connectivity index is 1.72. The Morgan fingerprint density at radius 3 is 2.81 bits per heavy atom. The highest BCUT2D eigenvalue weighted by Crippen LogP contribution is 2.39. The van der Waals surface area contributed by atoms with Crippen molar-refractivity contribution >= 4 is 11.8 Å². The van der Waals surface area contributed by atoms with Crippen LogP contribution < -0.4 is 0 Å². The molecule has 2 fully saturated rings. The van der Waals surface area contributed by atoms with Crippen LogP contribution in [-0.4, -0.2) is 61.5 Å². The van der Waals surface area contributed by atoms with E-state index in [1.807, 2.05) is 28.9 Å². The van der Waals surface area contributed by atoms with Crippen molar-refractivity contribution in [1.82, 2.24) is 9.80 Å². The van der Waals surface area contributed by atoms with E-state index in [0.717, 1.165) is 68.6 Å². The molecule has 5 nitrogen and oxygen atoms in total. The molecule has 1 spiro atoms. The number of hydrogen-bond acceptors (Lipinski definition) is 3. The molecule has 1 aromatic carbocycles. The van der Waals surface area contributed by atoms with Crippen LogP contribution in [0.15, 0.2) is 18.2 Å². The summed E-state index contributed by atoms with van der Waals surface area (Å²) in [5.41, 5.74) is 3.09. The van der Waals surface area contributed by atoms with Crippen molar-refractivity contribution in [2.24, 2.45) is 5.41 Å². The van der Waals surface area contributed by atoms with Crippen LogP contribution in [0.5, 0.6) is 0 Å². The van der Waals surface area contributed by atoms with Crippen molar-refractivity contribution in [1.29, 1.82) is 0 Å². The number of aryl methyl sites for hydroxylation is 1. The molecule has 1 aromatic rings. The summed E-state index contributed by atoms with van der Waals surface area (Å²) < 4.78 is 5.13. The van der Waals surface area contributed by atoms with E-state index in [1.54, 1.807) is 7.11 Å². The Morgan fingerprint density at radius 1 is 1.22 bits per heavy atom. The normalized spacial score (nSPS) is 23.1. The van der Waals surface area contributed by atoms with Crippen LogP contribution >= 0.6 is 0 Å². The molecule has 0 radical (unpaired) electrons. The average molecular weight is 373 g/mol. The number of amides is 2. The predicted octanol–water partition coefficient (Wildman–Crippen LogP) is 3.18. The van der Waals surface area contributed by atoms with Gasteiger partial charge in [0.05, 0.1) is 0 Å². The van der Waals surface area contributed by atoms with E-state index in [-0.39, 0.29) is 17.2 Å². The fourth-order valence-corrected chi connectivity index (χ4v) is 4.57. The van der Waals surface area contributed by atoms with Gasteiger partial charge in [-0.25, -0.2) is 0 Å². The van der Waals surface area contributed by atoms with E-state index >= 15 is 0 Å². The van der Waals surface area contributed by atoms with Gasteiger partial charge in [-0.2, -0.15) is 0 Å². The van der Waals surface area contributed by atoms with Crippen molar-refractivity contribution in [3.63, 3.8) is 0 Å². The molecule has 2 heterocycles. The van der Waals surface area contributed by atoms with Crippen LogP contribution in [0.25, 0.3) is 0 Å². The van der Waals surface area contributed by atoms with Crippen LogP contribution in [0.4, 0.5) is 0 Å². The number of ether oxygens (including phenoxy) is 1. The SMILES string of the molecule is COCCCN1C[C@@]2(CCCN(C(=O)c3cccc(C)c3C)C2)CCC1=O. The van der Waals surface area contributed by atoms with E-state index < -0.39 is 0 Å². The van der Waals surface area contributed by atoms with Gasteiger partial charge in [0.25, 0.3) is 5.91 Å². The summed E-state index contributed by atoms with van der Waals surface area (Å²) in [4.78, 5) is 29.5. The molecule has 27 heavy (non-hydrogen) atoms. The number of likely N-dealkylation sites (tertiary alicyclic amines) is 2. The highest BCUT2D eigenvalue weighted by molar-refractivity contribution is 5.96. The minimum atomic E-state index is 0.0482. The zero-order valence-electron chi connectivity index (χ0n) is 16.9. The molecule has 3 rings (SSSR count). The van der Waals surface area contributed by atoms with E-state index in [9.17, 15) is 9.59 Å². The maximum Gasteiger partial charge on any atom is 0.254 e. The van der Waals surface area contributed by atoms with Crippen molar-refractivity contribution in [3.05, 3.63) is 34.9 Å². The van der Waals surface area contributed by atoms with Crippen LogP contribution in [0, 0.1) is 19.3 Å². The highest BCUT2D eigenvalue weighted by atomic mass is 16.5. The molecule has 1 atom stereocenters. The maximum absolute atomic E-state index is 13.2. The van der Waals surface area contributed by atoms with E-state index in [2.05, 4.69) is 13.0 Å². The van der Waals surface area contributed by atoms with Gasteiger partial charge in [0, 0.05) is 57.3 Å². The van der Waals surface area contributed by atoms with E-state index in [4.69, 9.17) is 4.74 Å². The number of methoxy groups -OCH3 is 1. The first-order valence-corrected chi connectivity index (χ1v) is 10.1. The van der Waals surface area contributed by atoms with Gasteiger partial charge in [0.1, 0.15) is 0 Å². The third-order valence-corrected chi connectivity index (χ3v) is 6.31. The molecule has 0 unspecified atom stereocenters. The zero-order chi connectivity index (χ0) is 19.4. The molecule has 2 aliphatic heterocycles. The zero-order valence-corrected chi connectivity index (χ0v) is 16.9. The highest BCUT2D eigenvalue weighted by Gasteiger charge is 2.42. The summed E-state index contributed by atoms with van der Waals surface area (Å²) in [5, 5.41) is 0. The van der Waals surface area contributed by atoms with E-state index in [1.165, 1.54) is 0 Å². The number of carbonyl (C=O) groups is 2. The minimum absolute atomic E-state index is 0.0482. The lowest BCUT2D eigenvalue weighted by Gasteiger charge is -2.48. The van der Waals surface area contributed by atoms with Gasteiger partial charge in [0.2, 0.25) is 5.91 Å². The molecular formula is C22H32N2O3. The topological polar surface area (TPSA) is 49.9 Å². The summed E-state index contributed by atoms with van der Waals surface area (Å²) in [6.45, 7) is 7.84. The monoisotopic (exact) mass is 372 g/mol. The van der Waals surface area contributed by atoms with Crippen molar-refractivity contribution in [3.8, 4) is 0 Å². The van der Waals surface area contributed by atoms with Crippen molar-refractivity contribution < 1.29 is 14.3 Å². The van der Waals surface area contributed by atoms with Gasteiger partial charge in [-0.15, -0.1) is 0 Å². The number of piperidine rings is 2. The Hall–Kier alpha value is -1.88. The first kappa shape index (κ1) is 19.9. The molecule has 0 saturated carbocycles. The van der Waals surface area contributed by atoms with Crippen LogP contribution in [0.1, 0.15) is 53.6 Å². The number of hydrogen-bond donors (Lipinski definition) is 0. The molecule has 5 heteroatoms. The van der Waals surface area contributed by atoms with Gasteiger partial charge >= 0.3 is 0 Å². The van der Waals surface area contributed by atoms with Crippen molar-refractivity contribution in [2.45, 2.75) is 46.0 Å². The first-order chi connectivity index (χ1) is 13.0. The summed E-state index contributed by atoms with van der Waals surface area (Å²) in [6, 6.07) is 5.95. The number of carbonyl (C=O) groups excluding carboxylic acids is 2. The molecule has 2 amide bonds. The maximum atomic E-state index is 13.2. The van der Waals surface area contributed by atoms with Gasteiger partial charge in [-0.05, 0) is 56.7 Å². The molecule has 148 valence electrons.